The van der Waals surface area contributed by atoms with E-state index in [4.69, 9.17) is 10.2 Å². The molecular weight excluding hydrogens is 208 g/mol. The molecule has 0 aromatic rings. The molecule has 0 heterocycles. The minimum absolute atomic E-state index is 0. The van der Waals surface area contributed by atoms with Crippen molar-refractivity contribution in [1.29, 1.82) is 0 Å². The molecule has 0 aliphatic rings. The summed E-state index contributed by atoms with van der Waals surface area (Å²) in [5.74, 6) is -1.94. The van der Waals surface area contributed by atoms with Crippen LogP contribution < -0.4 is 0 Å². The Hall–Kier alpha value is -0.346. The summed E-state index contributed by atoms with van der Waals surface area (Å²) in [5.41, 5.74) is 0. The molecular formula is C8H16O4Ti+4. The number of carboxylic acids is 2. The van der Waals surface area contributed by atoms with E-state index in [0.717, 1.165) is 0 Å². The van der Waals surface area contributed by atoms with Crippen LogP contribution in [0.4, 0.5) is 0 Å². The SMILES string of the molecule is CC(C)C(=O)O.CC(C)C(=O)O.[Ti+4]. The quantitative estimate of drug-likeness (QED) is 0.696. The van der Waals surface area contributed by atoms with E-state index in [1.54, 1.807) is 27.7 Å². The molecule has 13 heavy (non-hydrogen) atoms. The van der Waals surface area contributed by atoms with E-state index in [1.807, 2.05) is 0 Å². The molecule has 72 valence electrons. The largest absolute Gasteiger partial charge is 4.00 e. The molecule has 0 aliphatic heterocycles. The first kappa shape index (κ1) is 18.4. The monoisotopic (exact) mass is 224 g/mol. The summed E-state index contributed by atoms with van der Waals surface area (Å²) >= 11 is 0. The first-order valence-electron chi connectivity index (χ1n) is 3.74. The van der Waals surface area contributed by atoms with Crippen molar-refractivity contribution in [2.24, 2.45) is 11.8 Å². The summed E-state index contributed by atoms with van der Waals surface area (Å²) in [5, 5.41) is 16.0. The summed E-state index contributed by atoms with van der Waals surface area (Å²) in [6.07, 6.45) is 0. The second kappa shape index (κ2) is 9.74. The van der Waals surface area contributed by atoms with Gasteiger partial charge in [0.25, 0.3) is 0 Å². The first-order valence-corrected chi connectivity index (χ1v) is 3.74. The molecule has 0 bridgehead atoms. The summed E-state index contributed by atoms with van der Waals surface area (Å²) in [6.45, 7) is 6.56. The Labute approximate surface area is 93.2 Å². The molecule has 0 spiro atoms. The van der Waals surface area contributed by atoms with Gasteiger partial charge in [0, 0.05) is 0 Å². The van der Waals surface area contributed by atoms with Gasteiger partial charge in [0.05, 0.1) is 11.8 Å². The molecule has 0 atom stereocenters. The molecule has 0 saturated heterocycles. The van der Waals surface area contributed by atoms with Gasteiger partial charge in [-0.1, -0.05) is 27.7 Å². The average molecular weight is 224 g/mol. The van der Waals surface area contributed by atoms with Crippen molar-refractivity contribution in [2.45, 2.75) is 27.7 Å². The number of rotatable bonds is 2. The fourth-order valence-electron chi connectivity index (χ4n) is 0. The summed E-state index contributed by atoms with van der Waals surface area (Å²) in [4.78, 5) is 19.4. The second-order valence-electron chi connectivity index (χ2n) is 2.99. The van der Waals surface area contributed by atoms with E-state index in [2.05, 4.69) is 0 Å². The molecule has 4 nitrogen and oxygen atoms in total. The van der Waals surface area contributed by atoms with Gasteiger partial charge in [-0.25, -0.2) is 0 Å². The zero-order valence-corrected chi connectivity index (χ0v) is 9.93. The van der Waals surface area contributed by atoms with Crippen molar-refractivity contribution < 1.29 is 41.5 Å². The molecule has 0 radical (unpaired) electrons. The van der Waals surface area contributed by atoms with Crippen LogP contribution in [0.15, 0.2) is 0 Å². The molecule has 0 saturated carbocycles. The van der Waals surface area contributed by atoms with Crippen molar-refractivity contribution in [2.75, 3.05) is 0 Å². The Kier molecular flexibility index (Phi) is 13.8. The third-order valence-corrected chi connectivity index (χ3v) is 0.988. The summed E-state index contributed by atoms with van der Waals surface area (Å²) < 4.78 is 0. The average Bonchev–Trinajstić information content (AvgIpc) is 1.88. The van der Waals surface area contributed by atoms with Crippen LogP contribution in [0, 0.1) is 11.8 Å². The zero-order valence-electron chi connectivity index (χ0n) is 8.37. The van der Waals surface area contributed by atoms with Crippen LogP contribution >= 0.6 is 0 Å². The maximum absolute atomic E-state index is 9.70. The standard InChI is InChI=1S/2C4H8O2.Ti/c2*1-3(2)4(5)6;/h2*3H,1-2H3,(H,5,6);/q;;+4. The van der Waals surface area contributed by atoms with Crippen molar-refractivity contribution >= 4 is 11.9 Å². The van der Waals surface area contributed by atoms with Gasteiger partial charge in [0.1, 0.15) is 0 Å². The van der Waals surface area contributed by atoms with Crippen molar-refractivity contribution in [3.8, 4) is 0 Å². The Bertz CT molecular complexity index is 136. The van der Waals surface area contributed by atoms with Crippen LogP contribution in [0.2, 0.25) is 0 Å². The van der Waals surface area contributed by atoms with E-state index in [9.17, 15) is 9.59 Å². The fourth-order valence-corrected chi connectivity index (χ4v) is 0. The number of hydrogen-bond acceptors (Lipinski definition) is 2. The predicted octanol–water partition coefficient (Wildman–Crippen LogP) is 1.45. The van der Waals surface area contributed by atoms with E-state index in [0.29, 0.717) is 0 Å². The second-order valence-corrected chi connectivity index (χ2v) is 2.99. The van der Waals surface area contributed by atoms with Gasteiger partial charge in [0.15, 0.2) is 0 Å². The zero-order chi connectivity index (χ0) is 10.3. The minimum atomic E-state index is -0.741. The topological polar surface area (TPSA) is 74.6 Å². The number of carboxylic acid groups (broad SMARTS) is 2. The molecule has 5 heteroatoms. The van der Waals surface area contributed by atoms with Gasteiger partial charge >= 0.3 is 33.7 Å². The fraction of sp³-hybridized carbons (Fsp3) is 0.750. The molecule has 0 aliphatic carbocycles. The molecule has 0 fully saturated rings. The maximum Gasteiger partial charge on any atom is 4.00 e. The van der Waals surface area contributed by atoms with Gasteiger partial charge in [-0.3, -0.25) is 9.59 Å². The van der Waals surface area contributed by atoms with Crippen LogP contribution in [0.5, 0.6) is 0 Å². The van der Waals surface area contributed by atoms with Crippen LogP contribution in [-0.2, 0) is 31.3 Å². The molecule has 0 aromatic heterocycles. The van der Waals surface area contributed by atoms with E-state index >= 15 is 0 Å². The van der Waals surface area contributed by atoms with Gasteiger partial charge < -0.3 is 10.2 Å². The normalized spacial score (nSPS) is 8.46. The summed E-state index contributed by atoms with van der Waals surface area (Å²) in [7, 11) is 0. The van der Waals surface area contributed by atoms with Gasteiger partial charge in [-0.2, -0.15) is 0 Å². The molecule has 0 rings (SSSR count). The van der Waals surface area contributed by atoms with E-state index in [-0.39, 0.29) is 33.6 Å². The number of hydrogen-bond donors (Lipinski definition) is 2. The van der Waals surface area contributed by atoms with Crippen LogP contribution in [0.3, 0.4) is 0 Å². The number of carbonyl (C=O) groups is 2. The Balaban J connectivity index is -0.000000143. The van der Waals surface area contributed by atoms with E-state index < -0.39 is 11.9 Å². The van der Waals surface area contributed by atoms with Gasteiger partial charge in [-0.05, 0) is 0 Å². The van der Waals surface area contributed by atoms with Crippen LogP contribution in [0.25, 0.3) is 0 Å². The smallest absolute Gasteiger partial charge is 0.481 e. The molecule has 0 amide bonds. The Morgan fingerprint density at radius 2 is 0.923 bits per heavy atom. The van der Waals surface area contributed by atoms with Crippen LogP contribution in [0.1, 0.15) is 27.7 Å². The van der Waals surface area contributed by atoms with Crippen LogP contribution in [-0.4, -0.2) is 22.2 Å². The molecule has 2 N–H and O–H groups in total. The third kappa shape index (κ3) is 18.5. The third-order valence-electron chi connectivity index (χ3n) is 0.988. The molecule has 0 aromatic carbocycles. The molecule has 0 unspecified atom stereocenters. The predicted molar refractivity (Wildman–Crippen MR) is 44.9 cm³/mol. The van der Waals surface area contributed by atoms with Gasteiger partial charge in [0.2, 0.25) is 0 Å². The van der Waals surface area contributed by atoms with Crippen molar-refractivity contribution in [1.82, 2.24) is 0 Å². The van der Waals surface area contributed by atoms with Gasteiger partial charge in [-0.15, -0.1) is 0 Å². The van der Waals surface area contributed by atoms with Crippen molar-refractivity contribution in [3.63, 3.8) is 0 Å². The Morgan fingerprint density at radius 3 is 0.923 bits per heavy atom. The maximum atomic E-state index is 9.70. The first-order chi connectivity index (χ1) is 5.29. The summed E-state index contributed by atoms with van der Waals surface area (Å²) in [6, 6.07) is 0. The Morgan fingerprint density at radius 1 is 0.846 bits per heavy atom. The van der Waals surface area contributed by atoms with Crippen molar-refractivity contribution in [3.05, 3.63) is 0 Å². The number of aliphatic carboxylic acids is 2. The van der Waals surface area contributed by atoms with E-state index in [1.165, 1.54) is 0 Å². The minimum Gasteiger partial charge on any atom is -0.481 e.